The average Bonchev–Trinajstić information content (AvgIpc) is 2.70. The second kappa shape index (κ2) is 6.93. The van der Waals surface area contributed by atoms with Gasteiger partial charge in [-0.2, -0.15) is 0 Å². The molecule has 0 fully saturated rings. The van der Waals surface area contributed by atoms with E-state index in [0.717, 1.165) is 25.8 Å². The lowest BCUT2D eigenvalue weighted by Gasteiger charge is -2.14. The third-order valence-electron chi connectivity index (χ3n) is 2.38. The van der Waals surface area contributed by atoms with Crippen molar-refractivity contribution in [1.82, 2.24) is 10.3 Å². The third kappa shape index (κ3) is 4.73. The Balaban J connectivity index is 2.23. The lowest BCUT2D eigenvalue weighted by atomic mass is 10.2. The Labute approximate surface area is 96.1 Å². The van der Waals surface area contributed by atoms with Crippen molar-refractivity contribution >= 4 is 11.3 Å². The molecule has 0 aliphatic rings. The molecule has 1 rings (SSSR count). The van der Waals surface area contributed by atoms with E-state index >= 15 is 0 Å². The highest BCUT2D eigenvalue weighted by Gasteiger charge is 2.10. The van der Waals surface area contributed by atoms with Crippen molar-refractivity contribution in [2.75, 3.05) is 6.54 Å². The second-order valence-corrected chi connectivity index (χ2v) is 4.83. The monoisotopic (exact) mass is 227 g/mol. The fourth-order valence-corrected chi connectivity index (χ4v) is 2.31. The minimum atomic E-state index is 0.312. The van der Waals surface area contributed by atoms with E-state index in [9.17, 15) is 0 Å². The number of aromatic nitrogens is 1. The predicted octanol–water partition coefficient (Wildman–Crippen LogP) is 2.31. The second-order valence-electron chi connectivity index (χ2n) is 3.90. The molecular weight excluding hydrogens is 206 g/mol. The number of thiazole rings is 1. The number of nitrogens with one attached hydrogen (secondary N) is 1. The van der Waals surface area contributed by atoms with Crippen molar-refractivity contribution < 1.29 is 0 Å². The molecule has 0 saturated carbocycles. The molecule has 1 aromatic heterocycles. The van der Waals surface area contributed by atoms with Crippen LogP contribution < -0.4 is 11.1 Å². The number of hydrogen-bond donors (Lipinski definition) is 2. The Morgan fingerprint density at radius 1 is 1.60 bits per heavy atom. The highest BCUT2D eigenvalue weighted by Crippen LogP contribution is 2.18. The lowest BCUT2D eigenvalue weighted by Crippen LogP contribution is -2.24. The van der Waals surface area contributed by atoms with Gasteiger partial charge in [-0.05, 0) is 32.7 Å². The quantitative estimate of drug-likeness (QED) is 0.703. The van der Waals surface area contributed by atoms with E-state index in [4.69, 9.17) is 5.73 Å². The van der Waals surface area contributed by atoms with Gasteiger partial charge in [0.05, 0.1) is 6.04 Å². The van der Waals surface area contributed by atoms with Crippen LogP contribution in [0.3, 0.4) is 0 Å². The zero-order chi connectivity index (χ0) is 11.1. The van der Waals surface area contributed by atoms with E-state index in [1.807, 2.05) is 11.6 Å². The van der Waals surface area contributed by atoms with E-state index < -0.39 is 0 Å². The molecule has 0 saturated heterocycles. The Hall–Kier alpha value is -0.450. The summed E-state index contributed by atoms with van der Waals surface area (Å²) in [5.74, 6) is 0. The normalized spacial score (nSPS) is 15.1. The Morgan fingerprint density at radius 2 is 2.40 bits per heavy atom. The molecule has 0 aliphatic heterocycles. The maximum Gasteiger partial charge on any atom is 0.109 e. The van der Waals surface area contributed by atoms with Crippen molar-refractivity contribution in [3.63, 3.8) is 0 Å². The van der Waals surface area contributed by atoms with E-state index in [0.29, 0.717) is 12.1 Å². The molecule has 0 radical (unpaired) electrons. The summed E-state index contributed by atoms with van der Waals surface area (Å²) in [6.45, 7) is 5.27. The van der Waals surface area contributed by atoms with Gasteiger partial charge in [0.25, 0.3) is 0 Å². The zero-order valence-corrected chi connectivity index (χ0v) is 10.4. The molecule has 0 bridgehead atoms. The first-order chi connectivity index (χ1) is 7.24. The molecule has 2 atom stereocenters. The highest BCUT2D eigenvalue weighted by atomic mass is 32.1. The van der Waals surface area contributed by atoms with Gasteiger partial charge in [0, 0.05) is 17.6 Å². The van der Waals surface area contributed by atoms with Crippen LogP contribution in [0.1, 0.15) is 44.2 Å². The molecule has 0 aliphatic carbocycles. The van der Waals surface area contributed by atoms with E-state index in [2.05, 4.69) is 24.1 Å². The number of hydrogen-bond acceptors (Lipinski definition) is 4. The highest BCUT2D eigenvalue weighted by molar-refractivity contribution is 7.09. The fraction of sp³-hybridized carbons (Fsp3) is 0.727. The lowest BCUT2D eigenvalue weighted by molar-refractivity contribution is 0.489. The maximum atomic E-state index is 5.70. The molecule has 15 heavy (non-hydrogen) atoms. The molecule has 0 aromatic carbocycles. The van der Waals surface area contributed by atoms with Crippen LogP contribution in [0.5, 0.6) is 0 Å². The summed E-state index contributed by atoms with van der Waals surface area (Å²) in [4.78, 5) is 4.33. The Bertz CT molecular complexity index is 246. The summed E-state index contributed by atoms with van der Waals surface area (Å²) >= 11 is 1.72. The molecular formula is C11H21N3S. The molecule has 3 N–H and O–H groups in total. The number of nitrogens with zero attached hydrogens (tertiary/aromatic N) is 1. The van der Waals surface area contributed by atoms with Crippen LogP contribution in [0.15, 0.2) is 11.6 Å². The molecule has 4 heteroatoms. The molecule has 1 aromatic rings. The summed E-state index contributed by atoms with van der Waals surface area (Å²) in [5.41, 5.74) is 5.70. The van der Waals surface area contributed by atoms with Crippen LogP contribution in [0.2, 0.25) is 0 Å². The molecule has 0 spiro atoms. The molecule has 3 nitrogen and oxygen atoms in total. The average molecular weight is 227 g/mol. The van der Waals surface area contributed by atoms with Crippen LogP contribution in [-0.4, -0.2) is 17.6 Å². The maximum absolute atomic E-state index is 5.70. The van der Waals surface area contributed by atoms with Crippen molar-refractivity contribution in [2.45, 2.75) is 45.2 Å². The summed E-state index contributed by atoms with van der Waals surface area (Å²) in [5, 5.41) is 6.74. The van der Waals surface area contributed by atoms with Crippen molar-refractivity contribution in [1.29, 1.82) is 0 Å². The van der Waals surface area contributed by atoms with E-state index in [-0.39, 0.29) is 0 Å². The number of rotatable bonds is 7. The summed E-state index contributed by atoms with van der Waals surface area (Å²) < 4.78 is 0. The molecule has 86 valence electrons. The van der Waals surface area contributed by atoms with Crippen LogP contribution in [-0.2, 0) is 0 Å². The van der Waals surface area contributed by atoms with Gasteiger partial charge in [0.1, 0.15) is 5.01 Å². The predicted molar refractivity (Wildman–Crippen MR) is 66.0 cm³/mol. The first kappa shape index (κ1) is 12.6. The summed E-state index contributed by atoms with van der Waals surface area (Å²) in [6, 6.07) is 0.727. The van der Waals surface area contributed by atoms with Gasteiger partial charge in [0.2, 0.25) is 0 Å². The van der Waals surface area contributed by atoms with Gasteiger partial charge in [-0.25, -0.2) is 4.98 Å². The van der Waals surface area contributed by atoms with Crippen molar-refractivity contribution in [3.05, 3.63) is 16.6 Å². The molecule has 1 heterocycles. The van der Waals surface area contributed by atoms with Gasteiger partial charge in [-0.15, -0.1) is 11.3 Å². The molecule has 2 unspecified atom stereocenters. The van der Waals surface area contributed by atoms with E-state index in [1.165, 1.54) is 5.01 Å². The van der Waals surface area contributed by atoms with Crippen LogP contribution in [0.4, 0.5) is 0 Å². The summed E-state index contributed by atoms with van der Waals surface area (Å²) in [6.07, 6.45) is 5.18. The van der Waals surface area contributed by atoms with Gasteiger partial charge < -0.3 is 11.1 Å². The van der Waals surface area contributed by atoms with Crippen LogP contribution in [0.25, 0.3) is 0 Å². The molecule has 0 amide bonds. The van der Waals surface area contributed by atoms with Crippen molar-refractivity contribution in [2.24, 2.45) is 5.73 Å². The van der Waals surface area contributed by atoms with Gasteiger partial charge in [0.15, 0.2) is 0 Å². The minimum absolute atomic E-state index is 0.312. The van der Waals surface area contributed by atoms with Crippen LogP contribution >= 0.6 is 11.3 Å². The smallest absolute Gasteiger partial charge is 0.109 e. The third-order valence-corrected chi connectivity index (χ3v) is 3.27. The topological polar surface area (TPSA) is 50.9 Å². The Morgan fingerprint density at radius 3 is 2.93 bits per heavy atom. The van der Waals surface area contributed by atoms with Crippen molar-refractivity contribution in [3.8, 4) is 0 Å². The number of nitrogens with two attached hydrogens (primary N) is 1. The fourth-order valence-electron chi connectivity index (χ4n) is 1.51. The largest absolute Gasteiger partial charge is 0.328 e. The first-order valence-corrected chi connectivity index (χ1v) is 6.50. The first-order valence-electron chi connectivity index (χ1n) is 5.62. The SMILES string of the molecule is CCC(NCCCC(C)N)c1nccs1. The Kier molecular flexibility index (Phi) is 5.83. The van der Waals surface area contributed by atoms with Gasteiger partial charge >= 0.3 is 0 Å². The van der Waals surface area contributed by atoms with Crippen LogP contribution in [0, 0.1) is 0 Å². The zero-order valence-electron chi connectivity index (χ0n) is 9.57. The van der Waals surface area contributed by atoms with Gasteiger partial charge in [-0.1, -0.05) is 6.92 Å². The minimum Gasteiger partial charge on any atom is -0.328 e. The standard InChI is InChI=1S/C11H21N3S/c1-3-10(11-14-7-8-15-11)13-6-4-5-9(2)12/h7-10,13H,3-6,12H2,1-2H3. The van der Waals surface area contributed by atoms with Gasteiger partial charge in [-0.3, -0.25) is 0 Å². The summed E-state index contributed by atoms with van der Waals surface area (Å²) in [7, 11) is 0. The van der Waals surface area contributed by atoms with E-state index in [1.54, 1.807) is 11.3 Å².